The third kappa shape index (κ3) is 2.86. The zero-order chi connectivity index (χ0) is 10.6. The van der Waals surface area contributed by atoms with Crippen molar-refractivity contribution in [2.24, 2.45) is 11.8 Å². The van der Waals surface area contributed by atoms with Gasteiger partial charge >= 0.3 is 0 Å². The molecule has 2 unspecified atom stereocenters. The van der Waals surface area contributed by atoms with Gasteiger partial charge in [0.05, 0.1) is 6.10 Å². The van der Waals surface area contributed by atoms with Crippen LogP contribution in [0.1, 0.15) is 25.7 Å². The van der Waals surface area contributed by atoms with Gasteiger partial charge in [0, 0.05) is 19.2 Å². The van der Waals surface area contributed by atoms with Crippen LogP contribution in [0.15, 0.2) is 24.4 Å². The number of hydrogen-bond donors (Lipinski definition) is 2. The first-order valence-electron chi connectivity index (χ1n) is 5.15. The molecular weight excluding hydrogens is 176 g/mol. The van der Waals surface area contributed by atoms with Crippen molar-refractivity contribution in [3.63, 3.8) is 0 Å². The molecular formula is C11H20N2O. The van der Waals surface area contributed by atoms with Crippen molar-refractivity contribution in [1.82, 2.24) is 5.01 Å². The second-order valence-corrected chi connectivity index (χ2v) is 3.96. The van der Waals surface area contributed by atoms with E-state index in [0.29, 0.717) is 0 Å². The second-order valence-electron chi connectivity index (χ2n) is 3.96. The van der Waals surface area contributed by atoms with Crippen LogP contribution in [0.3, 0.4) is 0 Å². The maximum atomic E-state index is 9.84. The lowest BCUT2D eigenvalue weighted by Gasteiger charge is -2.29. The van der Waals surface area contributed by atoms with Crippen LogP contribution in [0.25, 0.3) is 0 Å². The highest BCUT2D eigenvalue weighted by atomic mass is 16.3. The Kier molecular flexibility index (Phi) is 4.17. The predicted octanol–water partition coefficient (Wildman–Crippen LogP) is 1.41. The second kappa shape index (κ2) is 5.17. The Labute approximate surface area is 85.9 Å². The molecule has 0 saturated heterocycles. The molecule has 0 spiro atoms. The van der Waals surface area contributed by atoms with Crippen LogP contribution in [0.2, 0.25) is 0 Å². The van der Waals surface area contributed by atoms with Gasteiger partial charge in [-0.3, -0.25) is 0 Å². The summed E-state index contributed by atoms with van der Waals surface area (Å²) < 4.78 is 0. The number of hydrazine groups is 1. The van der Waals surface area contributed by atoms with E-state index in [1.165, 1.54) is 11.4 Å². The highest BCUT2D eigenvalue weighted by molar-refractivity contribution is 5.20. The molecule has 1 rings (SSSR count). The average molecular weight is 196 g/mol. The SMILES string of the molecule is C=C/C(=C\N(C)N)C1CCCCC1O. The predicted molar refractivity (Wildman–Crippen MR) is 58.2 cm³/mol. The number of aliphatic hydroxyl groups is 1. The van der Waals surface area contributed by atoms with Gasteiger partial charge in [0.15, 0.2) is 0 Å². The molecule has 1 aliphatic carbocycles. The Morgan fingerprint density at radius 1 is 1.50 bits per heavy atom. The van der Waals surface area contributed by atoms with Gasteiger partial charge < -0.3 is 10.1 Å². The topological polar surface area (TPSA) is 49.5 Å². The number of hydrogen-bond acceptors (Lipinski definition) is 3. The van der Waals surface area contributed by atoms with Crippen LogP contribution < -0.4 is 5.84 Å². The Morgan fingerprint density at radius 2 is 2.14 bits per heavy atom. The fourth-order valence-corrected chi connectivity index (χ4v) is 2.04. The van der Waals surface area contributed by atoms with Crippen molar-refractivity contribution in [2.45, 2.75) is 31.8 Å². The lowest BCUT2D eigenvalue weighted by atomic mass is 9.81. The summed E-state index contributed by atoms with van der Waals surface area (Å²) in [7, 11) is 1.78. The van der Waals surface area contributed by atoms with E-state index in [-0.39, 0.29) is 12.0 Å². The lowest BCUT2D eigenvalue weighted by molar-refractivity contribution is 0.0882. The Morgan fingerprint density at radius 3 is 2.64 bits per heavy atom. The van der Waals surface area contributed by atoms with Crippen LogP contribution >= 0.6 is 0 Å². The molecule has 3 nitrogen and oxygen atoms in total. The van der Waals surface area contributed by atoms with Crippen molar-refractivity contribution < 1.29 is 5.11 Å². The smallest absolute Gasteiger partial charge is 0.0609 e. The normalized spacial score (nSPS) is 28.6. The summed E-state index contributed by atoms with van der Waals surface area (Å²) in [6.07, 6.45) is 7.64. The summed E-state index contributed by atoms with van der Waals surface area (Å²) in [6, 6.07) is 0. The molecule has 0 amide bonds. The lowest BCUT2D eigenvalue weighted by Crippen LogP contribution is -2.28. The van der Waals surface area contributed by atoms with Gasteiger partial charge in [-0.2, -0.15) is 0 Å². The molecule has 2 atom stereocenters. The Hall–Kier alpha value is -0.800. The van der Waals surface area contributed by atoms with E-state index < -0.39 is 0 Å². The van der Waals surface area contributed by atoms with Crippen LogP contribution in [0.4, 0.5) is 0 Å². The number of aliphatic hydroxyl groups excluding tert-OH is 1. The van der Waals surface area contributed by atoms with E-state index in [4.69, 9.17) is 5.84 Å². The van der Waals surface area contributed by atoms with Gasteiger partial charge in [-0.25, -0.2) is 5.84 Å². The van der Waals surface area contributed by atoms with Crippen LogP contribution in [0, 0.1) is 5.92 Å². The molecule has 0 aromatic heterocycles. The Bertz CT molecular complexity index is 223. The van der Waals surface area contributed by atoms with Crippen molar-refractivity contribution in [2.75, 3.05) is 7.05 Å². The van der Waals surface area contributed by atoms with Crippen LogP contribution in [-0.2, 0) is 0 Å². The molecule has 0 bridgehead atoms. The molecule has 14 heavy (non-hydrogen) atoms. The van der Waals surface area contributed by atoms with E-state index in [1.54, 1.807) is 13.1 Å². The van der Waals surface area contributed by atoms with E-state index in [0.717, 1.165) is 24.8 Å². The molecule has 0 aliphatic heterocycles. The summed E-state index contributed by atoms with van der Waals surface area (Å²) in [6.45, 7) is 3.76. The maximum Gasteiger partial charge on any atom is 0.0609 e. The third-order valence-electron chi connectivity index (χ3n) is 2.75. The summed E-state index contributed by atoms with van der Waals surface area (Å²) in [5.74, 6) is 5.76. The molecule has 3 N–H and O–H groups in total. The van der Waals surface area contributed by atoms with Crippen LogP contribution in [-0.4, -0.2) is 23.3 Å². The van der Waals surface area contributed by atoms with Gasteiger partial charge in [0.2, 0.25) is 0 Å². The van der Waals surface area contributed by atoms with Crippen molar-refractivity contribution in [1.29, 1.82) is 0 Å². The van der Waals surface area contributed by atoms with Gasteiger partial charge in [0.25, 0.3) is 0 Å². The van der Waals surface area contributed by atoms with Crippen molar-refractivity contribution in [3.05, 3.63) is 24.4 Å². The maximum absolute atomic E-state index is 9.84. The van der Waals surface area contributed by atoms with E-state index in [9.17, 15) is 5.11 Å². The summed E-state index contributed by atoms with van der Waals surface area (Å²) in [5, 5.41) is 11.3. The monoisotopic (exact) mass is 196 g/mol. The van der Waals surface area contributed by atoms with Crippen molar-refractivity contribution in [3.8, 4) is 0 Å². The van der Waals surface area contributed by atoms with Crippen LogP contribution in [0.5, 0.6) is 0 Å². The molecule has 1 saturated carbocycles. The molecule has 0 heterocycles. The quantitative estimate of drug-likeness (QED) is 0.407. The highest BCUT2D eigenvalue weighted by Crippen LogP contribution is 2.30. The molecule has 0 aromatic rings. The van der Waals surface area contributed by atoms with Gasteiger partial charge in [-0.15, -0.1) is 0 Å². The third-order valence-corrected chi connectivity index (χ3v) is 2.75. The number of nitrogens with two attached hydrogens (primary N) is 1. The largest absolute Gasteiger partial charge is 0.392 e. The molecule has 1 fully saturated rings. The number of rotatable bonds is 3. The van der Waals surface area contributed by atoms with Gasteiger partial charge in [0.1, 0.15) is 0 Å². The molecule has 0 radical (unpaired) electrons. The Balaban J connectivity index is 2.71. The van der Waals surface area contributed by atoms with Gasteiger partial charge in [-0.05, 0) is 18.4 Å². The fourth-order valence-electron chi connectivity index (χ4n) is 2.04. The zero-order valence-electron chi connectivity index (χ0n) is 8.82. The minimum Gasteiger partial charge on any atom is -0.392 e. The highest BCUT2D eigenvalue weighted by Gasteiger charge is 2.24. The first kappa shape index (κ1) is 11.3. The van der Waals surface area contributed by atoms with E-state index >= 15 is 0 Å². The van der Waals surface area contributed by atoms with Gasteiger partial charge in [-0.1, -0.05) is 25.5 Å². The van der Waals surface area contributed by atoms with E-state index in [2.05, 4.69) is 6.58 Å². The van der Waals surface area contributed by atoms with E-state index in [1.807, 2.05) is 6.20 Å². The summed E-state index contributed by atoms with van der Waals surface area (Å²) in [4.78, 5) is 0. The number of nitrogens with zero attached hydrogens (tertiary/aromatic N) is 1. The minimum absolute atomic E-state index is 0.215. The number of allylic oxidation sites excluding steroid dienone is 1. The zero-order valence-corrected chi connectivity index (χ0v) is 8.82. The first-order chi connectivity index (χ1) is 6.65. The molecule has 3 heteroatoms. The first-order valence-corrected chi connectivity index (χ1v) is 5.15. The van der Waals surface area contributed by atoms with Crippen molar-refractivity contribution >= 4 is 0 Å². The molecule has 80 valence electrons. The molecule has 0 aromatic carbocycles. The minimum atomic E-state index is -0.229. The molecule has 1 aliphatic rings. The average Bonchev–Trinajstić information content (AvgIpc) is 2.15. The summed E-state index contributed by atoms with van der Waals surface area (Å²) in [5.41, 5.74) is 1.04. The summed E-state index contributed by atoms with van der Waals surface area (Å²) >= 11 is 0. The standard InChI is InChI=1S/C11H20N2O/c1-3-9(8-13(2)12)10-6-4-5-7-11(10)14/h3,8,10-11,14H,1,4-7,12H2,2H3/b9-8+. The fraction of sp³-hybridized carbons (Fsp3) is 0.636.